The average molecular weight is 308 g/mol. The van der Waals surface area contributed by atoms with Crippen molar-refractivity contribution in [3.63, 3.8) is 0 Å². The summed E-state index contributed by atoms with van der Waals surface area (Å²) in [6.07, 6.45) is 1.43. The molecule has 0 radical (unpaired) electrons. The third-order valence-corrected chi connectivity index (χ3v) is 4.55. The molecule has 2 aromatic rings. The topological polar surface area (TPSA) is 77.4 Å². The van der Waals surface area contributed by atoms with Gasteiger partial charge in [0.25, 0.3) is 10.0 Å². The number of rotatable bonds is 4. The van der Waals surface area contributed by atoms with Gasteiger partial charge in [-0.1, -0.05) is 0 Å². The van der Waals surface area contributed by atoms with Crippen molar-refractivity contribution in [3.8, 4) is 5.75 Å². The van der Waals surface area contributed by atoms with Gasteiger partial charge in [0.2, 0.25) is 5.56 Å². The fourth-order valence-electron chi connectivity index (χ4n) is 1.91. The Bertz CT molecular complexity index is 825. The highest BCUT2D eigenvalue weighted by molar-refractivity contribution is 7.92. The lowest BCUT2D eigenvalue weighted by molar-refractivity contribution is 0.414. The van der Waals surface area contributed by atoms with Crippen LogP contribution in [0.5, 0.6) is 5.75 Å². The van der Waals surface area contributed by atoms with Crippen LogP contribution >= 0.6 is 0 Å². The monoisotopic (exact) mass is 308 g/mol. The van der Waals surface area contributed by atoms with Gasteiger partial charge in [-0.05, 0) is 36.8 Å². The number of anilines is 1. The van der Waals surface area contributed by atoms with E-state index >= 15 is 0 Å². The standard InChI is InChI=1S/C14H16N2O4S/c1-10-8-12(20-3)5-6-13(10)21(18,19)15-11-4-7-14(17)16(2)9-11/h4-9,15H,1-3H3. The van der Waals surface area contributed by atoms with Gasteiger partial charge in [0, 0.05) is 19.3 Å². The van der Waals surface area contributed by atoms with Crippen LogP contribution < -0.4 is 15.0 Å². The number of nitrogens with zero attached hydrogens (tertiary/aromatic N) is 1. The number of aromatic nitrogens is 1. The molecule has 1 N–H and O–H groups in total. The first-order chi connectivity index (χ1) is 9.83. The summed E-state index contributed by atoms with van der Waals surface area (Å²) in [5.74, 6) is 0.591. The van der Waals surface area contributed by atoms with Crippen molar-refractivity contribution in [2.75, 3.05) is 11.8 Å². The molecule has 6 nitrogen and oxygen atoms in total. The smallest absolute Gasteiger partial charge is 0.262 e. The number of hydrogen-bond donors (Lipinski definition) is 1. The molecule has 0 spiro atoms. The largest absolute Gasteiger partial charge is 0.497 e. The molecule has 0 saturated heterocycles. The van der Waals surface area contributed by atoms with E-state index in [-0.39, 0.29) is 10.5 Å². The van der Waals surface area contributed by atoms with E-state index in [2.05, 4.69) is 4.72 Å². The number of aryl methyl sites for hydroxylation is 2. The fourth-order valence-corrected chi connectivity index (χ4v) is 3.19. The van der Waals surface area contributed by atoms with Crippen molar-refractivity contribution in [2.24, 2.45) is 7.05 Å². The molecule has 1 heterocycles. The van der Waals surface area contributed by atoms with E-state index in [1.165, 1.54) is 36.1 Å². The van der Waals surface area contributed by atoms with E-state index < -0.39 is 10.0 Å². The average Bonchev–Trinajstić information content (AvgIpc) is 2.42. The van der Waals surface area contributed by atoms with Crippen molar-refractivity contribution in [1.29, 1.82) is 0 Å². The summed E-state index contributed by atoms with van der Waals surface area (Å²) in [5.41, 5.74) is 0.692. The number of pyridine rings is 1. The second-order valence-electron chi connectivity index (χ2n) is 4.60. The second-order valence-corrected chi connectivity index (χ2v) is 6.25. The molecule has 0 atom stereocenters. The minimum absolute atomic E-state index is 0.164. The zero-order valence-electron chi connectivity index (χ0n) is 12.0. The molecule has 0 fully saturated rings. The Balaban J connectivity index is 2.38. The number of benzene rings is 1. The van der Waals surface area contributed by atoms with E-state index in [4.69, 9.17) is 4.74 Å². The van der Waals surface area contributed by atoms with Gasteiger partial charge in [-0.3, -0.25) is 9.52 Å². The number of methoxy groups -OCH3 is 1. The first-order valence-corrected chi connectivity index (χ1v) is 7.66. The summed E-state index contributed by atoms with van der Waals surface area (Å²) in [6.45, 7) is 1.69. The van der Waals surface area contributed by atoms with Crippen molar-refractivity contribution in [1.82, 2.24) is 4.57 Å². The highest BCUT2D eigenvalue weighted by Crippen LogP contribution is 2.22. The Kier molecular flexibility index (Phi) is 4.04. The van der Waals surface area contributed by atoms with E-state index in [1.807, 2.05) is 0 Å². The molecule has 0 aliphatic heterocycles. The molecule has 0 unspecified atom stereocenters. The second kappa shape index (κ2) is 5.61. The number of ether oxygens (including phenoxy) is 1. The molecular formula is C14H16N2O4S. The van der Waals surface area contributed by atoms with Crippen LogP contribution in [-0.4, -0.2) is 20.1 Å². The van der Waals surface area contributed by atoms with Crippen LogP contribution in [0.4, 0.5) is 5.69 Å². The first-order valence-electron chi connectivity index (χ1n) is 6.17. The maximum absolute atomic E-state index is 12.4. The van der Waals surface area contributed by atoms with Gasteiger partial charge < -0.3 is 9.30 Å². The van der Waals surface area contributed by atoms with Crippen molar-refractivity contribution < 1.29 is 13.2 Å². The van der Waals surface area contributed by atoms with Gasteiger partial charge >= 0.3 is 0 Å². The van der Waals surface area contributed by atoms with Gasteiger partial charge in [-0.15, -0.1) is 0 Å². The molecule has 21 heavy (non-hydrogen) atoms. The third kappa shape index (κ3) is 3.25. The summed E-state index contributed by atoms with van der Waals surface area (Å²) in [4.78, 5) is 11.5. The molecule has 0 amide bonds. The van der Waals surface area contributed by atoms with E-state index in [1.54, 1.807) is 26.1 Å². The summed E-state index contributed by atoms with van der Waals surface area (Å²) < 4.78 is 33.6. The van der Waals surface area contributed by atoms with Gasteiger partial charge in [0.05, 0.1) is 17.7 Å². The zero-order valence-corrected chi connectivity index (χ0v) is 12.8. The molecular weight excluding hydrogens is 292 g/mol. The molecule has 112 valence electrons. The maximum atomic E-state index is 12.4. The highest BCUT2D eigenvalue weighted by Gasteiger charge is 2.17. The van der Waals surface area contributed by atoms with Crippen LogP contribution in [0.25, 0.3) is 0 Å². The lowest BCUT2D eigenvalue weighted by Gasteiger charge is -2.12. The minimum Gasteiger partial charge on any atom is -0.497 e. The molecule has 0 aliphatic carbocycles. The quantitative estimate of drug-likeness (QED) is 0.928. The molecule has 0 aliphatic rings. The van der Waals surface area contributed by atoms with Crippen molar-refractivity contribution >= 4 is 15.7 Å². The van der Waals surface area contributed by atoms with Crippen LogP contribution in [0.1, 0.15) is 5.56 Å². The highest BCUT2D eigenvalue weighted by atomic mass is 32.2. The van der Waals surface area contributed by atoms with Gasteiger partial charge in [-0.2, -0.15) is 0 Å². The van der Waals surface area contributed by atoms with Crippen LogP contribution in [0.3, 0.4) is 0 Å². The summed E-state index contributed by atoms with van der Waals surface area (Å²) in [5, 5.41) is 0. The minimum atomic E-state index is -3.72. The van der Waals surface area contributed by atoms with Gasteiger partial charge in [0.1, 0.15) is 5.75 Å². The lowest BCUT2D eigenvalue weighted by Crippen LogP contribution is -2.18. The Morgan fingerprint density at radius 2 is 1.90 bits per heavy atom. The number of hydrogen-bond acceptors (Lipinski definition) is 4. The third-order valence-electron chi connectivity index (χ3n) is 3.01. The lowest BCUT2D eigenvalue weighted by atomic mass is 10.2. The predicted octanol–water partition coefficient (Wildman–Crippen LogP) is 1.50. The summed E-state index contributed by atoms with van der Waals surface area (Å²) in [7, 11) is -0.646. The number of sulfonamides is 1. The Morgan fingerprint density at radius 1 is 1.19 bits per heavy atom. The van der Waals surface area contributed by atoms with Gasteiger partial charge in [-0.25, -0.2) is 8.42 Å². The SMILES string of the molecule is COc1ccc(S(=O)(=O)Nc2ccc(=O)n(C)c2)c(C)c1. The van der Waals surface area contributed by atoms with Crippen LogP contribution in [-0.2, 0) is 17.1 Å². The number of nitrogens with one attached hydrogen (secondary N) is 1. The molecule has 1 aromatic heterocycles. The molecule has 0 saturated carbocycles. The normalized spacial score (nSPS) is 11.2. The molecule has 2 rings (SSSR count). The Hall–Kier alpha value is -2.28. The Labute approximate surface area is 123 Å². The van der Waals surface area contributed by atoms with E-state index in [0.29, 0.717) is 17.0 Å². The summed E-state index contributed by atoms with van der Waals surface area (Å²) >= 11 is 0. The van der Waals surface area contributed by atoms with E-state index in [0.717, 1.165) is 0 Å². The van der Waals surface area contributed by atoms with E-state index in [9.17, 15) is 13.2 Å². The molecule has 0 bridgehead atoms. The van der Waals surface area contributed by atoms with Gasteiger partial charge in [0.15, 0.2) is 0 Å². The fraction of sp³-hybridized carbons (Fsp3) is 0.214. The van der Waals surface area contributed by atoms with Crippen molar-refractivity contribution in [3.05, 3.63) is 52.4 Å². The van der Waals surface area contributed by atoms with Crippen LogP contribution in [0.15, 0.2) is 46.2 Å². The summed E-state index contributed by atoms with van der Waals surface area (Å²) in [6, 6.07) is 7.45. The van der Waals surface area contributed by atoms with Crippen LogP contribution in [0, 0.1) is 6.92 Å². The van der Waals surface area contributed by atoms with Crippen LogP contribution in [0.2, 0.25) is 0 Å². The molecule has 7 heteroatoms. The van der Waals surface area contributed by atoms with Crippen molar-refractivity contribution in [2.45, 2.75) is 11.8 Å². The first kappa shape index (κ1) is 15.1. The maximum Gasteiger partial charge on any atom is 0.262 e. The predicted molar refractivity (Wildman–Crippen MR) is 80.2 cm³/mol. The Morgan fingerprint density at radius 3 is 2.48 bits per heavy atom. The molecule has 1 aromatic carbocycles. The zero-order chi connectivity index (χ0) is 15.6.